The molecule has 1 atom stereocenters. The van der Waals surface area contributed by atoms with Gasteiger partial charge in [-0.2, -0.15) is 9.50 Å². The van der Waals surface area contributed by atoms with Crippen molar-refractivity contribution >= 4 is 23.7 Å². The summed E-state index contributed by atoms with van der Waals surface area (Å²) >= 11 is 0. The average molecular weight is 348 g/mol. The van der Waals surface area contributed by atoms with Crippen LogP contribution < -0.4 is 10.6 Å². The van der Waals surface area contributed by atoms with Crippen molar-refractivity contribution in [2.24, 2.45) is 0 Å². The first-order valence-electron chi connectivity index (χ1n) is 8.04. The van der Waals surface area contributed by atoms with Crippen LogP contribution in [-0.4, -0.2) is 43.2 Å². The van der Waals surface area contributed by atoms with Gasteiger partial charge in [-0.25, -0.2) is 9.78 Å². The number of hydrogen-bond donors (Lipinski definition) is 2. The number of urea groups is 1. The number of ether oxygens (including phenoxy) is 1. The zero-order valence-electron chi connectivity index (χ0n) is 15.4. The number of amides is 2. The molecule has 0 aliphatic carbocycles. The first kappa shape index (κ1) is 18.6. The van der Waals surface area contributed by atoms with Gasteiger partial charge in [0, 0.05) is 17.4 Å². The van der Waals surface area contributed by atoms with Crippen LogP contribution >= 0.6 is 0 Å². The Morgan fingerprint density at radius 3 is 2.60 bits per heavy atom. The fraction of sp³-hybridized carbons (Fsp3) is 0.562. The fourth-order valence-corrected chi connectivity index (χ4v) is 2.26. The zero-order valence-corrected chi connectivity index (χ0v) is 15.4. The van der Waals surface area contributed by atoms with Crippen molar-refractivity contribution in [1.29, 1.82) is 0 Å². The lowest BCUT2D eigenvalue weighted by atomic mass is 10.2. The van der Waals surface area contributed by atoms with Crippen LogP contribution in [-0.2, 0) is 9.53 Å². The topological polar surface area (TPSA) is 111 Å². The number of anilines is 1. The van der Waals surface area contributed by atoms with Gasteiger partial charge in [-0.3, -0.25) is 10.1 Å². The standard InChI is InChI=1S/C16H24N6O3/c1-9-7-11(3)22-14(17-9)19-13(21-22)20-15(24)18-10(2)8-12(23)25-16(4,5)6/h7,10H,8H2,1-6H3,(H2,18,20,21,24). The van der Waals surface area contributed by atoms with E-state index in [9.17, 15) is 9.59 Å². The Hall–Kier alpha value is -2.71. The Bertz CT molecular complexity index is 793. The molecule has 0 fully saturated rings. The molecule has 2 aromatic rings. The van der Waals surface area contributed by atoms with Crippen molar-refractivity contribution in [1.82, 2.24) is 24.9 Å². The molecule has 1 unspecified atom stereocenters. The quantitative estimate of drug-likeness (QED) is 0.818. The minimum absolute atomic E-state index is 0.0726. The van der Waals surface area contributed by atoms with Gasteiger partial charge in [0.25, 0.3) is 11.7 Å². The van der Waals surface area contributed by atoms with Crippen molar-refractivity contribution in [2.45, 2.75) is 59.6 Å². The lowest BCUT2D eigenvalue weighted by Gasteiger charge is -2.21. The van der Waals surface area contributed by atoms with Crippen LogP contribution in [0.4, 0.5) is 10.7 Å². The summed E-state index contributed by atoms with van der Waals surface area (Å²) in [7, 11) is 0. The van der Waals surface area contributed by atoms with E-state index in [4.69, 9.17) is 4.74 Å². The molecule has 0 aromatic carbocycles. The third-order valence-corrected chi connectivity index (χ3v) is 3.11. The zero-order chi connectivity index (χ0) is 18.8. The maximum absolute atomic E-state index is 12.0. The lowest BCUT2D eigenvalue weighted by molar-refractivity contribution is -0.155. The number of hydrogen-bond acceptors (Lipinski definition) is 6. The highest BCUT2D eigenvalue weighted by atomic mass is 16.6. The maximum Gasteiger partial charge on any atom is 0.321 e. The third-order valence-electron chi connectivity index (χ3n) is 3.11. The summed E-state index contributed by atoms with van der Waals surface area (Å²) in [5, 5.41) is 9.39. The molecule has 0 saturated heterocycles. The SMILES string of the molecule is Cc1cc(C)n2nc(NC(=O)NC(C)CC(=O)OC(C)(C)C)nc2n1. The molecule has 0 bridgehead atoms. The van der Waals surface area contributed by atoms with Gasteiger partial charge < -0.3 is 10.1 Å². The Kier molecular flexibility index (Phi) is 5.24. The molecule has 2 rings (SSSR count). The average Bonchev–Trinajstić information content (AvgIpc) is 2.77. The number of esters is 1. The van der Waals surface area contributed by atoms with Crippen LogP contribution in [0.25, 0.3) is 5.78 Å². The second kappa shape index (κ2) is 7.04. The van der Waals surface area contributed by atoms with Gasteiger partial charge >= 0.3 is 12.0 Å². The van der Waals surface area contributed by atoms with E-state index in [1.165, 1.54) is 0 Å². The van der Waals surface area contributed by atoms with Crippen LogP contribution in [0.1, 0.15) is 45.5 Å². The molecule has 2 aromatic heterocycles. The molecule has 0 saturated carbocycles. The summed E-state index contributed by atoms with van der Waals surface area (Å²) in [5.74, 6) is 0.180. The third kappa shape index (κ3) is 5.40. The normalized spacial score (nSPS) is 12.7. The Balaban J connectivity index is 1.94. The predicted molar refractivity (Wildman–Crippen MR) is 92.3 cm³/mol. The summed E-state index contributed by atoms with van der Waals surface area (Å²) in [6, 6.07) is 0.976. The maximum atomic E-state index is 12.0. The van der Waals surface area contributed by atoms with Gasteiger partial charge in [-0.05, 0) is 47.6 Å². The Morgan fingerprint density at radius 1 is 1.28 bits per heavy atom. The number of aromatic nitrogens is 4. The molecule has 9 heteroatoms. The van der Waals surface area contributed by atoms with Crippen LogP contribution in [0.15, 0.2) is 6.07 Å². The number of carbonyl (C=O) groups is 2. The van der Waals surface area contributed by atoms with Crippen molar-refractivity contribution < 1.29 is 14.3 Å². The smallest absolute Gasteiger partial charge is 0.321 e. The number of nitrogens with one attached hydrogen (secondary N) is 2. The second-order valence-electron chi connectivity index (χ2n) is 6.98. The summed E-state index contributed by atoms with van der Waals surface area (Å²) in [5.41, 5.74) is 1.13. The van der Waals surface area contributed by atoms with E-state index in [0.29, 0.717) is 5.78 Å². The van der Waals surface area contributed by atoms with Crippen molar-refractivity contribution in [2.75, 3.05) is 5.32 Å². The summed E-state index contributed by atoms with van der Waals surface area (Å²) in [4.78, 5) is 32.2. The Morgan fingerprint density at radius 2 is 1.96 bits per heavy atom. The van der Waals surface area contributed by atoms with E-state index in [1.54, 1.807) is 32.2 Å². The molecule has 136 valence electrons. The number of rotatable bonds is 4. The highest BCUT2D eigenvalue weighted by Crippen LogP contribution is 2.10. The monoisotopic (exact) mass is 348 g/mol. The minimum Gasteiger partial charge on any atom is -0.460 e. The molecule has 2 amide bonds. The number of nitrogens with zero attached hydrogens (tertiary/aromatic N) is 4. The van der Waals surface area contributed by atoms with Gasteiger partial charge in [0.15, 0.2) is 0 Å². The van der Waals surface area contributed by atoms with E-state index in [2.05, 4.69) is 25.7 Å². The van der Waals surface area contributed by atoms with Crippen LogP contribution in [0.2, 0.25) is 0 Å². The minimum atomic E-state index is -0.553. The molecule has 0 spiro atoms. The Labute approximate surface area is 146 Å². The van der Waals surface area contributed by atoms with E-state index in [-0.39, 0.29) is 18.3 Å². The van der Waals surface area contributed by atoms with Gasteiger partial charge in [0.2, 0.25) is 0 Å². The lowest BCUT2D eigenvalue weighted by Crippen LogP contribution is -2.38. The molecule has 2 N–H and O–H groups in total. The summed E-state index contributed by atoms with van der Waals surface area (Å²) < 4.78 is 6.77. The molecule has 0 radical (unpaired) electrons. The molecule has 9 nitrogen and oxygen atoms in total. The highest BCUT2D eigenvalue weighted by molar-refractivity contribution is 5.88. The van der Waals surface area contributed by atoms with Gasteiger partial charge in [0.1, 0.15) is 5.60 Å². The van der Waals surface area contributed by atoms with Crippen molar-refractivity contribution in [3.8, 4) is 0 Å². The summed E-state index contributed by atoms with van der Waals surface area (Å²) in [6.07, 6.45) is 0.0726. The first-order chi connectivity index (χ1) is 11.5. The fourth-order valence-electron chi connectivity index (χ4n) is 2.26. The predicted octanol–water partition coefficient (Wildman–Crippen LogP) is 1.98. The van der Waals surface area contributed by atoms with Crippen LogP contribution in [0.3, 0.4) is 0 Å². The van der Waals surface area contributed by atoms with Gasteiger partial charge in [-0.15, -0.1) is 5.10 Å². The number of fused-ring (bicyclic) bond motifs is 1. The molecule has 0 aliphatic heterocycles. The van der Waals surface area contributed by atoms with E-state index in [0.717, 1.165) is 11.4 Å². The largest absolute Gasteiger partial charge is 0.460 e. The first-order valence-corrected chi connectivity index (χ1v) is 8.04. The van der Waals surface area contributed by atoms with Gasteiger partial charge in [0.05, 0.1) is 6.42 Å². The molecule has 2 heterocycles. The molecule has 25 heavy (non-hydrogen) atoms. The van der Waals surface area contributed by atoms with E-state index < -0.39 is 17.7 Å². The van der Waals surface area contributed by atoms with Gasteiger partial charge in [-0.1, -0.05) is 0 Å². The van der Waals surface area contributed by atoms with Crippen molar-refractivity contribution in [3.63, 3.8) is 0 Å². The van der Waals surface area contributed by atoms with Crippen LogP contribution in [0.5, 0.6) is 0 Å². The summed E-state index contributed by atoms with van der Waals surface area (Å²) in [6.45, 7) is 10.8. The highest BCUT2D eigenvalue weighted by Gasteiger charge is 2.20. The van der Waals surface area contributed by atoms with E-state index >= 15 is 0 Å². The van der Waals surface area contributed by atoms with Crippen LogP contribution in [0, 0.1) is 13.8 Å². The van der Waals surface area contributed by atoms with E-state index in [1.807, 2.05) is 19.9 Å². The number of aryl methyl sites for hydroxylation is 2. The van der Waals surface area contributed by atoms with Crippen molar-refractivity contribution in [3.05, 3.63) is 17.5 Å². The molecular weight excluding hydrogens is 324 g/mol. The molecular formula is C16H24N6O3. The number of carbonyl (C=O) groups excluding carboxylic acids is 2. The molecule has 0 aliphatic rings. The second-order valence-corrected chi connectivity index (χ2v) is 6.98.